The van der Waals surface area contributed by atoms with E-state index in [1.54, 1.807) is 6.92 Å². The summed E-state index contributed by atoms with van der Waals surface area (Å²) in [6, 6.07) is 2.78. The number of sulfone groups is 1. The molecule has 0 aromatic heterocycles. The van der Waals surface area contributed by atoms with Crippen molar-refractivity contribution in [3.05, 3.63) is 39.7 Å². The number of nitrogens with one attached hydrogen (secondary N) is 1. The van der Waals surface area contributed by atoms with Crippen LogP contribution in [0.15, 0.2) is 18.2 Å². The monoisotopic (exact) mass is 316 g/mol. The van der Waals surface area contributed by atoms with Gasteiger partial charge in [0.05, 0.1) is 22.0 Å². The molecule has 1 fully saturated rings. The molecule has 1 amide bonds. The second kappa shape index (κ2) is 5.06. The van der Waals surface area contributed by atoms with E-state index >= 15 is 0 Å². The molecule has 1 aromatic carbocycles. The Bertz CT molecular complexity index is 718. The molecule has 1 unspecified atom stereocenters. The molecule has 0 saturated carbocycles. The maximum atomic E-state index is 13.2. The van der Waals surface area contributed by atoms with Crippen LogP contribution >= 0.6 is 0 Å². The van der Waals surface area contributed by atoms with Gasteiger partial charge in [0.2, 0.25) is 5.82 Å². The maximum absolute atomic E-state index is 13.2. The van der Waals surface area contributed by atoms with E-state index in [9.17, 15) is 27.7 Å². The molecule has 0 spiro atoms. The van der Waals surface area contributed by atoms with Gasteiger partial charge in [0.25, 0.3) is 5.91 Å². The molecule has 1 heterocycles. The van der Waals surface area contributed by atoms with E-state index < -0.39 is 37.7 Å². The molecule has 1 aromatic rings. The smallest absolute Gasteiger partial charge is 0.305 e. The zero-order chi connectivity index (χ0) is 15.8. The molecule has 114 valence electrons. The Hall–Kier alpha value is -2.03. The number of carbonyl (C=O) groups is 1. The molecule has 1 aliphatic heterocycles. The number of nitro benzene ring substituents is 1. The molecule has 0 aliphatic carbocycles. The van der Waals surface area contributed by atoms with Gasteiger partial charge in [-0.3, -0.25) is 14.9 Å². The number of halogens is 1. The van der Waals surface area contributed by atoms with Crippen molar-refractivity contribution in [2.24, 2.45) is 0 Å². The molecule has 2 rings (SSSR count). The van der Waals surface area contributed by atoms with Crippen LogP contribution in [0.25, 0.3) is 0 Å². The molecule has 7 nitrogen and oxygen atoms in total. The summed E-state index contributed by atoms with van der Waals surface area (Å²) >= 11 is 0. The van der Waals surface area contributed by atoms with E-state index in [1.807, 2.05) is 0 Å². The number of nitro groups is 1. The van der Waals surface area contributed by atoms with Crippen LogP contribution in [-0.4, -0.2) is 36.3 Å². The Labute approximate surface area is 120 Å². The zero-order valence-electron chi connectivity index (χ0n) is 11.1. The molecular weight excluding hydrogens is 303 g/mol. The van der Waals surface area contributed by atoms with Gasteiger partial charge in [0.1, 0.15) is 0 Å². The SMILES string of the molecule is CC1(NC(=O)c2ccc(F)c([N+](=O)[O-])c2)CCS(=O)(=O)C1. The minimum Gasteiger partial charge on any atom is -0.346 e. The Morgan fingerprint density at radius 2 is 2.14 bits per heavy atom. The van der Waals surface area contributed by atoms with Gasteiger partial charge in [-0.25, -0.2) is 8.42 Å². The first kappa shape index (κ1) is 15.4. The highest BCUT2D eigenvalue weighted by molar-refractivity contribution is 7.91. The lowest BCUT2D eigenvalue weighted by atomic mass is 10.0. The van der Waals surface area contributed by atoms with Crippen LogP contribution in [0.5, 0.6) is 0 Å². The average Bonchev–Trinajstić information content (AvgIpc) is 2.63. The number of amides is 1. The molecule has 1 atom stereocenters. The third-order valence-electron chi connectivity index (χ3n) is 3.32. The number of rotatable bonds is 3. The second-order valence-corrected chi connectivity index (χ2v) is 7.46. The van der Waals surface area contributed by atoms with Crippen molar-refractivity contribution in [3.63, 3.8) is 0 Å². The maximum Gasteiger partial charge on any atom is 0.305 e. The van der Waals surface area contributed by atoms with Crippen molar-refractivity contribution in [1.29, 1.82) is 0 Å². The first-order chi connectivity index (χ1) is 9.62. The van der Waals surface area contributed by atoms with Crippen LogP contribution < -0.4 is 5.32 Å². The van der Waals surface area contributed by atoms with Crippen LogP contribution in [0.3, 0.4) is 0 Å². The fraction of sp³-hybridized carbons (Fsp3) is 0.417. The number of hydrogen-bond acceptors (Lipinski definition) is 5. The predicted molar refractivity (Wildman–Crippen MR) is 72.2 cm³/mol. The van der Waals surface area contributed by atoms with Gasteiger partial charge in [0, 0.05) is 11.6 Å². The molecule has 1 N–H and O–H groups in total. The van der Waals surface area contributed by atoms with Gasteiger partial charge in [-0.05, 0) is 25.5 Å². The summed E-state index contributed by atoms with van der Waals surface area (Å²) < 4.78 is 36.1. The van der Waals surface area contributed by atoms with Crippen molar-refractivity contribution in [2.75, 3.05) is 11.5 Å². The van der Waals surface area contributed by atoms with Gasteiger partial charge in [-0.2, -0.15) is 4.39 Å². The van der Waals surface area contributed by atoms with E-state index in [-0.39, 0.29) is 23.5 Å². The second-order valence-electron chi connectivity index (χ2n) is 5.28. The van der Waals surface area contributed by atoms with Crippen molar-refractivity contribution in [2.45, 2.75) is 18.9 Å². The third kappa shape index (κ3) is 3.35. The fourth-order valence-electron chi connectivity index (χ4n) is 2.25. The van der Waals surface area contributed by atoms with Crippen molar-refractivity contribution in [3.8, 4) is 0 Å². The lowest BCUT2D eigenvalue weighted by molar-refractivity contribution is -0.387. The summed E-state index contributed by atoms with van der Waals surface area (Å²) in [5.74, 6) is -1.91. The molecule has 1 saturated heterocycles. The summed E-state index contributed by atoms with van der Waals surface area (Å²) in [6.07, 6.45) is 0.268. The van der Waals surface area contributed by atoms with E-state index in [0.29, 0.717) is 0 Å². The van der Waals surface area contributed by atoms with Crippen LogP contribution in [0.2, 0.25) is 0 Å². The minimum atomic E-state index is -3.19. The lowest BCUT2D eigenvalue weighted by Gasteiger charge is -2.23. The van der Waals surface area contributed by atoms with Gasteiger partial charge in [-0.1, -0.05) is 0 Å². The van der Waals surface area contributed by atoms with E-state index in [2.05, 4.69) is 5.32 Å². The third-order valence-corrected chi connectivity index (χ3v) is 5.23. The van der Waals surface area contributed by atoms with Crippen LogP contribution in [-0.2, 0) is 9.84 Å². The Morgan fingerprint density at radius 1 is 1.48 bits per heavy atom. The normalized spacial score (nSPS) is 23.7. The summed E-state index contributed by atoms with van der Waals surface area (Å²) in [5.41, 5.74) is -1.81. The molecule has 0 bridgehead atoms. The summed E-state index contributed by atoms with van der Waals surface area (Å²) in [5, 5.41) is 13.2. The summed E-state index contributed by atoms with van der Waals surface area (Å²) in [7, 11) is -3.19. The molecular formula is C12H13FN2O5S. The topological polar surface area (TPSA) is 106 Å². The van der Waals surface area contributed by atoms with E-state index in [0.717, 1.165) is 18.2 Å². The van der Waals surface area contributed by atoms with Gasteiger partial charge < -0.3 is 5.32 Å². The highest BCUT2D eigenvalue weighted by Crippen LogP contribution is 2.24. The number of nitrogens with zero attached hydrogens (tertiary/aromatic N) is 1. The predicted octanol–water partition coefficient (Wildman–Crippen LogP) is 1.04. The number of hydrogen-bond donors (Lipinski definition) is 1. The largest absolute Gasteiger partial charge is 0.346 e. The van der Waals surface area contributed by atoms with Crippen molar-refractivity contribution < 1.29 is 22.5 Å². The molecule has 9 heteroatoms. The van der Waals surface area contributed by atoms with Crippen LogP contribution in [0.4, 0.5) is 10.1 Å². The number of benzene rings is 1. The first-order valence-corrected chi connectivity index (χ1v) is 7.91. The number of carbonyl (C=O) groups excluding carboxylic acids is 1. The summed E-state index contributed by atoms with van der Waals surface area (Å²) in [4.78, 5) is 21.8. The van der Waals surface area contributed by atoms with Crippen molar-refractivity contribution in [1.82, 2.24) is 5.32 Å². The van der Waals surface area contributed by atoms with Crippen molar-refractivity contribution >= 4 is 21.4 Å². The minimum absolute atomic E-state index is 0.0205. The quantitative estimate of drug-likeness (QED) is 0.662. The van der Waals surface area contributed by atoms with Gasteiger partial charge >= 0.3 is 5.69 Å². The lowest BCUT2D eigenvalue weighted by Crippen LogP contribution is -2.46. The zero-order valence-corrected chi connectivity index (χ0v) is 11.9. The van der Waals surface area contributed by atoms with E-state index in [4.69, 9.17) is 0 Å². The Morgan fingerprint density at radius 3 is 2.67 bits per heavy atom. The van der Waals surface area contributed by atoms with Crippen LogP contribution in [0.1, 0.15) is 23.7 Å². The standard InChI is InChI=1S/C12H13FN2O5S/c1-12(4-5-21(19,20)7-12)14-11(16)8-2-3-9(13)10(6-8)15(17)18/h2-3,6H,4-5,7H2,1H3,(H,14,16). The Balaban J connectivity index is 2.22. The highest BCUT2D eigenvalue weighted by atomic mass is 32.2. The molecule has 1 aliphatic rings. The van der Waals surface area contributed by atoms with Crippen LogP contribution in [0, 0.1) is 15.9 Å². The van der Waals surface area contributed by atoms with Gasteiger partial charge in [-0.15, -0.1) is 0 Å². The van der Waals surface area contributed by atoms with Gasteiger partial charge in [0.15, 0.2) is 9.84 Å². The summed E-state index contributed by atoms with van der Waals surface area (Å²) in [6.45, 7) is 1.59. The average molecular weight is 316 g/mol. The first-order valence-electron chi connectivity index (χ1n) is 6.09. The van der Waals surface area contributed by atoms with E-state index in [1.165, 1.54) is 0 Å². The molecule has 21 heavy (non-hydrogen) atoms. The molecule has 0 radical (unpaired) electrons. The highest BCUT2D eigenvalue weighted by Gasteiger charge is 2.39. The Kier molecular flexibility index (Phi) is 3.70. The fourth-order valence-corrected chi connectivity index (χ4v) is 4.34.